The fourth-order valence-corrected chi connectivity index (χ4v) is 0.764. The molecule has 0 aromatic carbocycles. The molecule has 0 bridgehead atoms. The molecule has 0 aliphatic rings. The van der Waals surface area contributed by atoms with Crippen LogP contribution in [0.5, 0.6) is 0 Å². The van der Waals surface area contributed by atoms with Crippen LogP contribution in [0.1, 0.15) is 46.0 Å². The lowest BCUT2D eigenvalue weighted by atomic mass is 10.2. The molecular formula is C10H24O4. The summed E-state index contributed by atoms with van der Waals surface area (Å²) in [5.41, 5.74) is 0. The van der Waals surface area contributed by atoms with E-state index in [0.717, 1.165) is 19.3 Å². The zero-order valence-corrected chi connectivity index (χ0v) is 9.19. The third-order valence-corrected chi connectivity index (χ3v) is 1.61. The fraction of sp³-hybridized carbons (Fsp3) is 1.00. The van der Waals surface area contributed by atoms with Gasteiger partial charge in [0.05, 0.1) is 6.10 Å². The van der Waals surface area contributed by atoms with Crippen molar-refractivity contribution in [1.29, 1.82) is 0 Å². The second kappa shape index (κ2) is 12.8. The summed E-state index contributed by atoms with van der Waals surface area (Å²) >= 11 is 0. The van der Waals surface area contributed by atoms with Crippen molar-refractivity contribution in [3.8, 4) is 0 Å². The molecule has 0 saturated heterocycles. The number of aliphatic hydroxyl groups excluding tert-OH is 3. The molecular weight excluding hydrogens is 184 g/mol. The molecule has 0 amide bonds. The Morgan fingerprint density at radius 3 is 1.79 bits per heavy atom. The van der Waals surface area contributed by atoms with Gasteiger partial charge in [0, 0.05) is 6.61 Å². The number of rotatable bonds is 6. The highest BCUT2D eigenvalue weighted by molar-refractivity contribution is 4.40. The van der Waals surface area contributed by atoms with Gasteiger partial charge in [-0.15, -0.1) is 0 Å². The quantitative estimate of drug-likeness (QED) is 0.381. The van der Waals surface area contributed by atoms with Crippen molar-refractivity contribution in [1.82, 2.24) is 0 Å². The molecule has 0 radical (unpaired) electrons. The van der Waals surface area contributed by atoms with Crippen molar-refractivity contribution in [2.24, 2.45) is 0 Å². The summed E-state index contributed by atoms with van der Waals surface area (Å²) in [5, 5.41) is 33.1. The summed E-state index contributed by atoms with van der Waals surface area (Å²) in [6, 6.07) is 0. The standard InChI is InChI=1S/C6H14O2.C4H10O2/c1-2-3-4-5-6(7)8;1-4(6)2-3-5/h6-8H,2-5H2,1H3;4-6H,2-3H2,1H3. The third kappa shape index (κ3) is 22.6. The van der Waals surface area contributed by atoms with Crippen LogP contribution in [0, 0.1) is 0 Å². The van der Waals surface area contributed by atoms with Crippen LogP contribution in [-0.2, 0) is 0 Å². The minimum absolute atomic E-state index is 0.0810. The second-order valence-corrected chi connectivity index (χ2v) is 3.34. The smallest absolute Gasteiger partial charge is 0.151 e. The van der Waals surface area contributed by atoms with Crippen molar-refractivity contribution in [3.05, 3.63) is 0 Å². The summed E-state index contributed by atoms with van der Waals surface area (Å²) in [6.45, 7) is 3.82. The van der Waals surface area contributed by atoms with Crippen LogP contribution in [0.3, 0.4) is 0 Å². The summed E-state index contributed by atoms with van der Waals surface area (Å²) < 4.78 is 0. The van der Waals surface area contributed by atoms with Crippen molar-refractivity contribution in [2.75, 3.05) is 6.61 Å². The van der Waals surface area contributed by atoms with Crippen LogP contribution < -0.4 is 0 Å². The van der Waals surface area contributed by atoms with Gasteiger partial charge in [-0.05, 0) is 26.2 Å². The number of aliphatic hydroxyl groups is 4. The highest BCUT2D eigenvalue weighted by atomic mass is 16.5. The molecule has 0 spiro atoms. The number of hydrogen-bond donors (Lipinski definition) is 4. The minimum Gasteiger partial charge on any atom is -0.396 e. The SMILES string of the molecule is CC(O)CCO.CCCCCC(O)O. The van der Waals surface area contributed by atoms with Gasteiger partial charge in [-0.25, -0.2) is 0 Å². The minimum atomic E-state index is -1.10. The lowest BCUT2D eigenvalue weighted by Gasteiger charge is -1.99. The molecule has 4 nitrogen and oxygen atoms in total. The Kier molecular flexibility index (Phi) is 14.9. The van der Waals surface area contributed by atoms with E-state index in [0.29, 0.717) is 12.8 Å². The lowest BCUT2D eigenvalue weighted by molar-refractivity contribution is -0.0465. The second-order valence-electron chi connectivity index (χ2n) is 3.34. The predicted molar refractivity (Wildman–Crippen MR) is 55.8 cm³/mol. The van der Waals surface area contributed by atoms with Gasteiger partial charge < -0.3 is 20.4 Å². The molecule has 0 fully saturated rings. The van der Waals surface area contributed by atoms with Gasteiger partial charge in [0.2, 0.25) is 0 Å². The summed E-state index contributed by atoms with van der Waals surface area (Å²) in [6.07, 6.45) is 2.71. The zero-order valence-electron chi connectivity index (χ0n) is 9.19. The van der Waals surface area contributed by atoms with Gasteiger partial charge in [0.25, 0.3) is 0 Å². The first-order valence-electron chi connectivity index (χ1n) is 5.19. The Morgan fingerprint density at radius 2 is 1.57 bits per heavy atom. The van der Waals surface area contributed by atoms with Gasteiger partial charge >= 0.3 is 0 Å². The topological polar surface area (TPSA) is 80.9 Å². The Labute approximate surface area is 86.2 Å². The van der Waals surface area contributed by atoms with Gasteiger partial charge in [-0.2, -0.15) is 0 Å². The van der Waals surface area contributed by atoms with E-state index in [4.69, 9.17) is 20.4 Å². The van der Waals surface area contributed by atoms with E-state index in [2.05, 4.69) is 6.92 Å². The largest absolute Gasteiger partial charge is 0.396 e. The maximum absolute atomic E-state index is 8.39. The van der Waals surface area contributed by atoms with Crippen LogP contribution in [-0.4, -0.2) is 39.4 Å². The highest BCUT2D eigenvalue weighted by Crippen LogP contribution is 1.99. The van der Waals surface area contributed by atoms with Gasteiger partial charge in [0.1, 0.15) is 0 Å². The molecule has 0 aromatic heterocycles. The van der Waals surface area contributed by atoms with Crippen LogP contribution in [0.4, 0.5) is 0 Å². The van der Waals surface area contributed by atoms with E-state index in [9.17, 15) is 0 Å². The normalized spacial score (nSPS) is 12.2. The molecule has 4 N–H and O–H groups in total. The first-order chi connectivity index (χ1) is 6.54. The maximum Gasteiger partial charge on any atom is 0.151 e. The average Bonchev–Trinajstić information content (AvgIpc) is 2.05. The molecule has 0 aromatic rings. The molecule has 0 rings (SSSR count). The number of unbranched alkanes of at least 4 members (excludes halogenated alkanes) is 2. The molecule has 0 saturated carbocycles. The van der Waals surface area contributed by atoms with E-state index >= 15 is 0 Å². The molecule has 0 heterocycles. The monoisotopic (exact) mass is 208 g/mol. The molecule has 0 aliphatic heterocycles. The summed E-state index contributed by atoms with van der Waals surface area (Å²) in [5.74, 6) is 0. The molecule has 1 atom stereocenters. The Hall–Kier alpha value is -0.160. The lowest BCUT2D eigenvalue weighted by Crippen LogP contribution is -2.02. The van der Waals surface area contributed by atoms with Crippen LogP contribution in [0.15, 0.2) is 0 Å². The van der Waals surface area contributed by atoms with E-state index in [1.54, 1.807) is 6.92 Å². The molecule has 4 heteroatoms. The highest BCUT2D eigenvalue weighted by Gasteiger charge is 1.93. The van der Waals surface area contributed by atoms with Gasteiger partial charge in [-0.1, -0.05) is 19.8 Å². The Bertz CT molecular complexity index is 94.1. The fourth-order valence-electron chi connectivity index (χ4n) is 0.764. The van der Waals surface area contributed by atoms with Crippen molar-refractivity contribution < 1.29 is 20.4 Å². The predicted octanol–water partition coefficient (Wildman–Crippen LogP) is 0.627. The molecule has 14 heavy (non-hydrogen) atoms. The first kappa shape index (κ1) is 16.3. The maximum atomic E-state index is 8.39. The number of hydrogen-bond acceptors (Lipinski definition) is 4. The third-order valence-electron chi connectivity index (χ3n) is 1.61. The van der Waals surface area contributed by atoms with E-state index in [-0.39, 0.29) is 12.7 Å². The Morgan fingerprint density at radius 1 is 1.00 bits per heavy atom. The molecule has 0 aliphatic carbocycles. The van der Waals surface area contributed by atoms with Crippen molar-refractivity contribution in [3.63, 3.8) is 0 Å². The molecule has 1 unspecified atom stereocenters. The summed E-state index contributed by atoms with van der Waals surface area (Å²) in [4.78, 5) is 0. The van der Waals surface area contributed by atoms with Crippen molar-refractivity contribution >= 4 is 0 Å². The average molecular weight is 208 g/mol. The zero-order chi connectivity index (χ0) is 11.4. The van der Waals surface area contributed by atoms with Crippen LogP contribution in [0.25, 0.3) is 0 Å². The van der Waals surface area contributed by atoms with Gasteiger partial charge in [-0.3, -0.25) is 0 Å². The van der Waals surface area contributed by atoms with Crippen LogP contribution >= 0.6 is 0 Å². The van der Waals surface area contributed by atoms with Crippen molar-refractivity contribution in [2.45, 2.75) is 58.3 Å². The van der Waals surface area contributed by atoms with Gasteiger partial charge in [0.15, 0.2) is 6.29 Å². The Balaban J connectivity index is 0. The first-order valence-corrected chi connectivity index (χ1v) is 5.19. The van der Waals surface area contributed by atoms with E-state index < -0.39 is 6.29 Å². The van der Waals surface area contributed by atoms with E-state index in [1.807, 2.05) is 0 Å². The van der Waals surface area contributed by atoms with Crippen LogP contribution in [0.2, 0.25) is 0 Å². The van der Waals surface area contributed by atoms with E-state index in [1.165, 1.54) is 0 Å². The summed E-state index contributed by atoms with van der Waals surface area (Å²) in [7, 11) is 0. The molecule has 88 valence electrons.